The van der Waals surface area contributed by atoms with Gasteiger partial charge in [-0.15, -0.1) is 0 Å². The van der Waals surface area contributed by atoms with Gasteiger partial charge in [-0.2, -0.15) is 5.10 Å². The van der Waals surface area contributed by atoms with Gasteiger partial charge in [0.2, 0.25) is 0 Å². The van der Waals surface area contributed by atoms with Crippen LogP contribution in [0.5, 0.6) is 0 Å². The molecule has 0 amide bonds. The first kappa shape index (κ1) is 18.0. The Labute approximate surface area is 171 Å². The Morgan fingerprint density at radius 1 is 0.966 bits per heavy atom. The number of aromatic nitrogens is 4. The molecule has 4 aromatic rings. The van der Waals surface area contributed by atoms with Crippen molar-refractivity contribution in [2.75, 3.05) is 18.0 Å². The number of para-hydroxylation sites is 1. The van der Waals surface area contributed by atoms with Gasteiger partial charge in [-0.05, 0) is 61.9 Å². The van der Waals surface area contributed by atoms with Crippen molar-refractivity contribution in [1.82, 2.24) is 19.3 Å². The Bertz CT molecular complexity index is 1150. The van der Waals surface area contributed by atoms with Gasteiger partial charge in [-0.3, -0.25) is 0 Å². The van der Waals surface area contributed by atoms with Crippen molar-refractivity contribution in [3.05, 3.63) is 71.7 Å². The second-order valence-corrected chi connectivity index (χ2v) is 8.09. The van der Waals surface area contributed by atoms with Crippen LogP contribution in [0.15, 0.2) is 54.9 Å². The van der Waals surface area contributed by atoms with E-state index >= 15 is 0 Å². The van der Waals surface area contributed by atoms with Crippen LogP contribution in [-0.2, 0) is 13.5 Å². The zero-order valence-corrected chi connectivity index (χ0v) is 17.2. The number of hydrogen-bond acceptors (Lipinski definition) is 3. The van der Waals surface area contributed by atoms with Gasteiger partial charge in [0.05, 0.1) is 28.7 Å². The van der Waals surface area contributed by atoms with Crippen LogP contribution in [0.3, 0.4) is 0 Å². The maximum absolute atomic E-state index is 4.88. The minimum atomic E-state index is 0.871. The van der Waals surface area contributed by atoms with E-state index in [1.807, 2.05) is 13.4 Å². The summed E-state index contributed by atoms with van der Waals surface area (Å²) in [5, 5.41) is 4.88. The third-order valence-electron chi connectivity index (χ3n) is 5.90. The van der Waals surface area contributed by atoms with Crippen LogP contribution in [0, 0.1) is 6.92 Å². The first-order chi connectivity index (χ1) is 14.2. The number of piperidine rings is 1. The van der Waals surface area contributed by atoms with Gasteiger partial charge in [0, 0.05) is 26.2 Å². The van der Waals surface area contributed by atoms with Gasteiger partial charge in [0.25, 0.3) is 0 Å². The van der Waals surface area contributed by atoms with Crippen LogP contribution in [0.1, 0.15) is 36.1 Å². The number of anilines is 1. The normalized spacial score (nSPS) is 14.6. The quantitative estimate of drug-likeness (QED) is 0.513. The van der Waals surface area contributed by atoms with Crippen molar-refractivity contribution in [2.45, 2.75) is 32.6 Å². The number of hydrogen-bond donors (Lipinski definition) is 0. The first-order valence-electron chi connectivity index (χ1n) is 10.5. The molecule has 0 atom stereocenters. The topological polar surface area (TPSA) is 38.9 Å². The van der Waals surface area contributed by atoms with E-state index < -0.39 is 0 Å². The van der Waals surface area contributed by atoms with Gasteiger partial charge >= 0.3 is 0 Å². The molecule has 5 rings (SSSR count). The zero-order valence-electron chi connectivity index (χ0n) is 17.2. The molecule has 0 radical (unpaired) electrons. The van der Waals surface area contributed by atoms with E-state index in [1.54, 1.807) is 0 Å². The van der Waals surface area contributed by atoms with Gasteiger partial charge in [0.15, 0.2) is 0 Å². The lowest BCUT2D eigenvalue weighted by atomic mass is 10.0. The minimum absolute atomic E-state index is 0.871. The monoisotopic (exact) mass is 385 g/mol. The molecule has 5 nitrogen and oxygen atoms in total. The highest BCUT2D eigenvalue weighted by Gasteiger charge is 2.19. The van der Waals surface area contributed by atoms with E-state index in [0.717, 1.165) is 30.7 Å². The Morgan fingerprint density at radius 2 is 1.79 bits per heavy atom. The van der Waals surface area contributed by atoms with Gasteiger partial charge in [0.1, 0.15) is 5.82 Å². The van der Waals surface area contributed by atoms with Gasteiger partial charge in [-0.25, -0.2) is 9.67 Å². The molecule has 148 valence electrons. The molecule has 0 unspecified atom stereocenters. The standard InChI is InChI=1S/C24H27N5/c1-18-14-24(28-12-6-3-7-13-28)29(26-18)22-9-5-4-8-20(22)15-19-10-11-21-23(16-19)27(2)17-25-21/h4-5,8-11,14,16-17H,3,6-7,12-13,15H2,1-2H3. The molecule has 1 fully saturated rings. The van der Waals surface area contributed by atoms with E-state index in [9.17, 15) is 0 Å². The lowest BCUT2D eigenvalue weighted by Gasteiger charge is -2.29. The summed E-state index contributed by atoms with van der Waals surface area (Å²) < 4.78 is 4.23. The fraction of sp³-hybridized carbons (Fsp3) is 0.333. The molecular weight excluding hydrogens is 358 g/mol. The number of benzene rings is 2. The van der Waals surface area contributed by atoms with Crippen LogP contribution in [-0.4, -0.2) is 32.4 Å². The van der Waals surface area contributed by atoms with Gasteiger partial charge in [-0.1, -0.05) is 24.3 Å². The first-order valence-corrected chi connectivity index (χ1v) is 10.5. The summed E-state index contributed by atoms with van der Waals surface area (Å²) in [4.78, 5) is 6.93. The highest BCUT2D eigenvalue weighted by molar-refractivity contribution is 5.76. The molecule has 0 aliphatic carbocycles. The molecule has 29 heavy (non-hydrogen) atoms. The van der Waals surface area contributed by atoms with E-state index in [2.05, 4.69) is 74.6 Å². The molecule has 1 aliphatic rings. The number of fused-ring (bicyclic) bond motifs is 1. The van der Waals surface area contributed by atoms with Crippen molar-refractivity contribution in [1.29, 1.82) is 0 Å². The second kappa shape index (κ2) is 7.39. The lowest BCUT2D eigenvalue weighted by Crippen LogP contribution is -2.31. The predicted molar refractivity (Wildman–Crippen MR) is 118 cm³/mol. The summed E-state index contributed by atoms with van der Waals surface area (Å²) >= 11 is 0. The van der Waals surface area contributed by atoms with Crippen LogP contribution in [0.2, 0.25) is 0 Å². The van der Waals surface area contributed by atoms with Crippen LogP contribution >= 0.6 is 0 Å². The van der Waals surface area contributed by atoms with Crippen molar-refractivity contribution in [3.63, 3.8) is 0 Å². The predicted octanol–water partition coefficient (Wildman–Crippen LogP) is 4.65. The SMILES string of the molecule is Cc1cc(N2CCCCC2)n(-c2ccccc2Cc2ccc3ncn(C)c3c2)n1. The summed E-state index contributed by atoms with van der Waals surface area (Å²) in [7, 11) is 2.05. The molecule has 2 aromatic carbocycles. The molecule has 0 spiro atoms. The van der Waals surface area contributed by atoms with Crippen LogP contribution < -0.4 is 4.90 Å². The number of imidazole rings is 1. The molecule has 1 aliphatic heterocycles. The summed E-state index contributed by atoms with van der Waals surface area (Å²) in [5.41, 5.74) is 7.03. The summed E-state index contributed by atoms with van der Waals surface area (Å²) in [6, 6.07) is 17.4. The highest BCUT2D eigenvalue weighted by atomic mass is 15.4. The van der Waals surface area contributed by atoms with Crippen LogP contribution in [0.4, 0.5) is 5.82 Å². The molecule has 0 N–H and O–H groups in total. The fourth-order valence-corrected chi connectivity index (χ4v) is 4.38. The molecule has 2 aromatic heterocycles. The van der Waals surface area contributed by atoms with Crippen LogP contribution in [0.25, 0.3) is 16.7 Å². The molecule has 3 heterocycles. The number of nitrogens with zero attached hydrogens (tertiary/aromatic N) is 5. The van der Waals surface area contributed by atoms with E-state index in [-0.39, 0.29) is 0 Å². The van der Waals surface area contributed by atoms with E-state index in [1.165, 1.54) is 47.4 Å². The third kappa shape index (κ3) is 3.41. The summed E-state index contributed by atoms with van der Waals surface area (Å²) in [5.74, 6) is 1.22. The average Bonchev–Trinajstić information content (AvgIpc) is 3.32. The Morgan fingerprint density at radius 3 is 2.66 bits per heavy atom. The van der Waals surface area contributed by atoms with E-state index in [4.69, 9.17) is 5.10 Å². The average molecular weight is 386 g/mol. The molecule has 0 bridgehead atoms. The summed E-state index contributed by atoms with van der Waals surface area (Å²) in [6.45, 7) is 4.32. The second-order valence-electron chi connectivity index (χ2n) is 8.09. The number of aryl methyl sites for hydroxylation is 2. The Kier molecular flexibility index (Phi) is 4.58. The number of rotatable bonds is 4. The van der Waals surface area contributed by atoms with E-state index in [0.29, 0.717) is 0 Å². The maximum atomic E-state index is 4.88. The van der Waals surface area contributed by atoms with Crippen molar-refractivity contribution in [2.24, 2.45) is 7.05 Å². The third-order valence-corrected chi connectivity index (χ3v) is 5.90. The molecule has 5 heteroatoms. The maximum Gasteiger partial charge on any atom is 0.132 e. The summed E-state index contributed by atoms with van der Waals surface area (Å²) in [6.07, 6.45) is 6.60. The molecular formula is C24H27N5. The Balaban J connectivity index is 1.53. The smallest absolute Gasteiger partial charge is 0.132 e. The fourth-order valence-electron chi connectivity index (χ4n) is 4.38. The van der Waals surface area contributed by atoms with Crippen molar-refractivity contribution < 1.29 is 0 Å². The molecule has 1 saturated heterocycles. The highest BCUT2D eigenvalue weighted by Crippen LogP contribution is 2.27. The minimum Gasteiger partial charge on any atom is -0.357 e. The van der Waals surface area contributed by atoms with Gasteiger partial charge < -0.3 is 9.47 Å². The zero-order chi connectivity index (χ0) is 19.8. The Hall–Kier alpha value is -3.08. The van der Waals surface area contributed by atoms with Crippen molar-refractivity contribution >= 4 is 16.9 Å². The largest absolute Gasteiger partial charge is 0.357 e. The molecule has 0 saturated carbocycles. The lowest BCUT2D eigenvalue weighted by molar-refractivity contribution is 0.567. The van der Waals surface area contributed by atoms with Crippen molar-refractivity contribution in [3.8, 4) is 5.69 Å².